The molecule has 1 aromatic carbocycles. The molecule has 0 bridgehead atoms. The van der Waals surface area contributed by atoms with Crippen molar-refractivity contribution in [2.45, 2.75) is 32.4 Å². The molecule has 1 unspecified atom stereocenters. The highest BCUT2D eigenvalue weighted by molar-refractivity contribution is 7.33. The third kappa shape index (κ3) is 5.59. The van der Waals surface area contributed by atoms with Gasteiger partial charge in [-0.05, 0) is 25.1 Å². The summed E-state index contributed by atoms with van der Waals surface area (Å²) in [5, 5.41) is 0. The number of aromatic nitrogens is 2. The summed E-state index contributed by atoms with van der Waals surface area (Å²) in [5.41, 5.74) is 4.75. The number of halogens is 1. The second-order valence-corrected chi connectivity index (χ2v) is 6.29. The third-order valence-electron chi connectivity index (χ3n) is 3.46. The summed E-state index contributed by atoms with van der Waals surface area (Å²) in [6, 6.07) is 9.76. The Bertz CT molecular complexity index is 804. The number of alkyl halides is 1. The summed E-state index contributed by atoms with van der Waals surface area (Å²) >= 11 is 0. The molecule has 0 fully saturated rings. The number of nitrogens with zero attached hydrogens (tertiary/aromatic N) is 2. The minimum Gasteiger partial charge on any atom is -0.383 e. The molecular weight excluding hydrogens is 364 g/mol. The Labute approximate surface area is 150 Å². The Morgan fingerprint density at radius 2 is 2.04 bits per heavy atom. The summed E-state index contributed by atoms with van der Waals surface area (Å²) in [5.74, 6) is -1.88. The van der Waals surface area contributed by atoms with Crippen molar-refractivity contribution in [1.29, 1.82) is 0 Å². The third-order valence-corrected chi connectivity index (χ3v) is 4.16. The minimum absolute atomic E-state index is 0.0545. The quantitative estimate of drug-likeness (QED) is 0.662. The van der Waals surface area contributed by atoms with Crippen molar-refractivity contribution in [1.82, 2.24) is 9.55 Å². The molecule has 3 atom stereocenters. The van der Waals surface area contributed by atoms with Crippen molar-refractivity contribution < 1.29 is 22.7 Å². The topological polar surface area (TPSA) is 106 Å². The molecule has 140 valence electrons. The number of ether oxygens (including phenoxy) is 1. The maximum atomic E-state index is 14.9. The molecule has 0 saturated carbocycles. The molecule has 0 spiro atoms. The van der Waals surface area contributed by atoms with Gasteiger partial charge < -0.3 is 10.5 Å². The van der Waals surface area contributed by atoms with Crippen molar-refractivity contribution in [3.8, 4) is 5.75 Å². The van der Waals surface area contributed by atoms with Crippen LogP contribution in [-0.2, 0) is 13.8 Å². The van der Waals surface area contributed by atoms with E-state index >= 15 is 0 Å². The SMILES string of the molecule is CC[C@@](F)(CO[P+](=O)Oc1ccccc1)O[C@H](C)n1ccc(N)nc1=O. The van der Waals surface area contributed by atoms with E-state index in [2.05, 4.69) is 4.98 Å². The van der Waals surface area contributed by atoms with Crippen LogP contribution in [0.3, 0.4) is 0 Å². The van der Waals surface area contributed by atoms with Crippen LogP contribution in [-0.4, -0.2) is 22.0 Å². The van der Waals surface area contributed by atoms with Crippen LogP contribution in [0.1, 0.15) is 26.5 Å². The highest BCUT2D eigenvalue weighted by Crippen LogP contribution is 2.32. The Morgan fingerprint density at radius 3 is 2.65 bits per heavy atom. The average Bonchev–Trinajstić information content (AvgIpc) is 2.61. The number of anilines is 1. The van der Waals surface area contributed by atoms with Gasteiger partial charge in [-0.3, -0.25) is 4.57 Å². The molecule has 0 amide bonds. The molecule has 0 radical (unpaired) electrons. The molecule has 0 aliphatic carbocycles. The van der Waals surface area contributed by atoms with Crippen molar-refractivity contribution in [3.63, 3.8) is 0 Å². The molecule has 0 aliphatic heterocycles. The van der Waals surface area contributed by atoms with Crippen LogP contribution in [0.2, 0.25) is 0 Å². The van der Waals surface area contributed by atoms with Crippen molar-refractivity contribution in [2.24, 2.45) is 0 Å². The lowest BCUT2D eigenvalue weighted by Crippen LogP contribution is -2.37. The van der Waals surface area contributed by atoms with Gasteiger partial charge in [0.1, 0.15) is 12.0 Å². The Morgan fingerprint density at radius 1 is 1.35 bits per heavy atom. The number of hydrogen-bond acceptors (Lipinski definition) is 7. The van der Waals surface area contributed by atoms with Crippen molar-refractivity contribution in [3.05, 3.63) is 53.1 Å². The van der Waals surface area contributed by atoms with E-state index in [0.29, 0.717) is 5.75 Å². The fourth-order valence-electron chi connectivity index (χ4n) is 2.03. The molecule has 0 saturated heterocycles. The van der Waals surface area contributed by atoms with Crippen LogP contribution in [0.4, 0.5) is 10.2 Å². The average molecular weight is 384 g/mol. The van der Waals surface area contributed by atoms with E-state index in [1.807, 2.05) is 0 Å². The van der Waals surface area contributed by atoms with Crippen molar-refractivity contribution in [2.75, 3.05) is 12.3 Å². The predicted octanol–water partition coefficient (Wildman–Crippen LogP) is 3.19. The molecule has 0 aliphatic rings. The Kier molecular flexibility index (Phi) is 6.79. The van der Waals surface area contributed by atoms with Gasteiger partial charge in [0.15, 0.2) is 12.4 Å². The van der Waals surface area contributed by atoms with Gasteiger partial charge in [0.25, 0.3) is 0 Å². The first kappa shape index (κ1) is 20.0. The lowest BCUT2D eigenvalue weighted by atomic mass is 10.2. The zero-order valence-electron chi connectivity index (χ0n) is 14.4. The van der Waals surface area contributed by atoms with Crippen LogP contribution in [0, 0.1) is 0 Å². The molecule has 2 aromatic rings. The molecule has 8 nitrogen and oxygen atoms in total. The lowest BCUT2D eigenvalue weighted by molar-refractivity contribution is -0.213. The predicted molar refractivity (Wildman–Crippen MR) is 93.5 cm³/mol. The number of benzene rings is 1. The van der Waals surface area contributed by atoms with E-state index in [-0.39, 0.29) is 12.2 Å². The summed E-state index contributed by atoms with van der Waals surface area (Å²) in [4.78, 5) is 15.4. The van der Waals surface area contributed by atoms with Gasteiger partial charge in [0, 0.05) is 17.2 Å². The molecule has 26 heavy (non-hydrogen) atoms. The van der Waals surface area contributed by atoms with E-state index in [1.165, 1.54) is 26.1 Å². The fraction of sp³-hybridized carbons (Fsp3) is 0.375. The highest BCUT2D eigenvalue weighted by atomic mass is 31.1. The van der Waals surface area contributed by atoms with Crippen LogP contribution in [0.5, 0.6) is 5.75 Å². The van der Waals surface area contributed by atoms with Crippen LogP contribution < -0.4 is 15.9 Å². The van der Waals surface area contributed by atoms with Crippen LogP contribution >= 0.6 is 8.25 Å². The number of nitrogens with two attached hydrogens (primary N) is 1. The molecule has 10 heteroatoms. The number of para-hydroxylation sites is 1. The highest BCUT2D eigenvalue weighted by Gasteiger charge is 2.37. The van der Waals surface area contributed by atoms with Gasteiger partial charge >= 0.3 is 13.9 Å². The second-order valence-electron chi connectivity index (χ2n) is 5.40. The fourth-order valence-corrected chi connectivity index (χ4v) is 2.67. The number of rotatable bonds is 9. The monoisotopic (exact) mass is 384 g/mol. The minimum atomic E-state index is -2.58. The zero-order valence-corrected chi connectivity index (χ0v) is 15.3. The first-order valence-electron chi connectivity index (χ1n) is 7.87. The van der Waals surface area contributed by atoms with E-state index in [0.717, 1.165) is 4.57 Å². The van der Waals surface area contributed by atoms with Gasteiger partial charge in [-0.25, -0.2) is 13.7 Å². The molecule has 2 N–H and O–H groups in total. The van der Waals surface area contributed by atoms with E-state index in [4.69, 9.17) is 19.5 Å². The van der Waals surface area contributed by atoms with E-state index in [1.54, 1.807) is 30.3 Å². The Balaban J connectivity index is 1.96. The first-order valence-corrected chi connectivity index (χ1v) is 8.97. The van der Waals surface area contributed by atoms with Gasteiger partial charge in [-0.2, -0.15) is 4.98 Å². The van der Waals surface area contributed by atoms with E-state index in [9.17, 15) is 13.8 Å². The lowest BCUT2D eigenvalue weighted by Gasteiger charge is -2.26. The number of hydrogen-bond donors (Lipinski definition) is 1. The van der Waals surface area contributed by atoms with Crippen molar-refractivity contribution >= 4 is 14.1 Å². The summed E-state index contributed by atoms with van der Waals surface area (Å²) in [6.45, 7) is 2.38. The maximum Gasteiger partial charge on any atom is 0.750 e. The van der Waals surface area contributed by atoms with E-state index < -0.39 is 32.6 Å². The van der Waals surface area contributed by atoms with Gasteiger partial charge in [-0.15, -0.1) is 4.52 Å². The molecule has 1 aromatic heterocycles. The first-order chi connectivity index (χ1) is 12.3. The summed E-state index contributed by atoms with van der Waals surface area (Å²) < 4.78 is 43.1. The standard InChI is InChI=1S/C16H19FN3O5P/c1-3-16(17,11-23-26(22)25-13-7-5-4-6-8-13)24-12(2)20-10-9-14(18)19-15(20)21/h4-10,12H,3,11H2,1-2H3,(H-,18,19,21)/p+1/t12-,16+/m1/s1. The van der Waals surface area contributed by atoms with Gasteiger partial charge in [0.05, 0.1) is 0 Å². The normalized spacial score (nSPS) is 15.1. The Hall–Kier alpha value is -2.35. The molecular formula is C16H20FN3O5P+. The summed E-state index contributed by atoms with van der Waals surface area (Å²) in [7, 11) is -2.58. The smallest absolute Gasteiger partial charge is 0.383 e. The van der Waals surface area contributed by atoms with Gasteiger partial charge in [0.2, 0.25) is 5.85 Å². The van der Waals surface area contributed by atoms with Crippen LogP contribution in [0.15, 0.2) is 47.4 Å². The zero-order chi connectivity index (χ0) is 19.2. The largest absolute Gasteiger partial charge is 0.750 e. The second kappa shape index (κ2) is 8.84. The molecule has 2 rings (SSSR count). The summed E-state index contributed by atoms with van der Waals surface area (Å²) in [6.07, 6.45) is 0.283. The van der Waals surface area contributed by atoms with Gasteiger partial charge in [-0.1, -0.05) is 25.1 Å². The maximum absolute atomic E-state index is 14.9. The number of nitrogen functional groups attached to an aromatic ring is 1. The molecule has 1 heterocycles. The van der Waals surface area contributed by atoms with Crippen LogP contribution in [0.25, 0.3) is 0 Å².